The zero-order valence-corrected chi connectivity index (χ0v) is 11.9. The monoisotopic (exact) mass is 284 g/mol. The first-order chi connectivity index (χ1) is 8.52. The van der Waals surface area contributed by atoms with E-state index in [2.05, 4.69) is 15.4 Å². The van der Waals surface area contributed by atoms with Gasteiger partial charge in [-0.25, -0.2) is 4.98 Å². The molecular formula is C11H13ClN4OS. The van der Waals surface area contributed by atoms with Gasteiger partial charge in [-0.2, -0.15) is 5.10 Å². The fourth-order valence-electron chi connectivity index (χ4n) is 1.60. The number of hydrogen-bond donors (Lipinski definition) is 1. The normalized spacial score (nSPS) is 10.7. The van der Waals surface area contributed by atoms with Crippen LogP contribution >= 0.6 is 22.9 Å². The molecule has 0 saturated heterocycles. The Morgan fingerprint density at radius 1 is 1.61 bits per heavy atom. The quantitative estimate of drug-likeness (QED) is 0.942. The fourth-order valence-corrected chi connectivity index (χ4v) is 2.49. The molecule has 0 aromatic carbocycles. The molecule has 0 atom stereocenters. The van der Waals surface area contributed by atoms with Gasteiger partial charge in [0.2, 0.25) is 0 Å². The zero-order valence-electron chi connectivity index (χ0n) is 10.3. The van der Waals surface area contributed by atoms with Crippen molar-refractivity contribution in [1.29, 1.82) is 0 Å². The predicted octanol–water partition coefficient (Wildman–Crippen LogP) is 2.65. The van der Waals surface area contributed by atoms with Crippen LogP contribution in [0.4, 0.5) is 5.13 Å². The van der Waals surface area contributed by atoms with Gasteiger partial charge in [-0.3, -0.25) is 14.8 Å². The summed E-state index contributed by atoms with van der Waals surface area (Å²) in [6, 6.07) is 0. The Morgan fingerprint density at radius 2 is 2.33 bits per heavy atom. The van der Waals surface area contributed by atoms with E-state index in [1.807, 2.05) is 13.8 Å². The van der Waals surface area contributed by atoms with E-state index in [0.29, 0.717) is 28.0 Å². The van der Waals surface area contributed by atoms with E-state index in [1.54, 1.807) is 13.2 Å². The number of anilines is 1. The molecule has 0 bridgehead atoms. The summed E-state index contributed by atoms with van der Waals surface area (Å²) in [6.07, 6.45) is 2.37. The minimum absolute atomic E-state index is 0.265. The third-order valence-electron chi connectivity index (χ3n) is 2.45. The minimum Gasteiger partial charge on any atom is -0.298 e. The highest BCUT2D eigenvalue weighted by atomic mass is 35.5. The molecule has 0 aliphatic carbocycles. The molecule has 2 heterocycles. The molecule has 18 heavy (non-hydrogen) atoms. The average molecular weight is 285 g/mol. The smallest absolute Gasteiger partial charge is 0.262 e. The fraction of sp³-hybridized carbons (Fsp3) is 0.364. The Hall–Kier alpha value is -1.40. The summed E-state index contributed by atoms with van der Waals surface area (Å²) >= 11 is 7.51. The molecule has 5 nitrogen and oxygen atoms in total. The lowest BCUT2D eigenvalue weighted by atomic mass is 10.2. The number of aryl methyl sites for hydroxylation is 3. The molecule has 0 unspecified atom stereocenters. The van der Waals surface area contributed by atoms with Gasteiger partial charge in [0.05, 0.1) is 11.3 Å². The van der Waals surface area contributed by atoms with Crippen LogP contribution < -0.4 is 5.32 Å². The van der Waals surface area contributed by atoms with E-state index >= 15 is 0 Å². The predicted molar refractivity (Wildman–Crippen MR) is 72.4 cm³/mol. The summed E-state index contributed by atoms with van der Waals surface area (Å²) in [6.45, 7) is 3.87. The van der Waals surface area contributed by atoms with Crippen molar-refractivity contribution in [2.24, 2.45) is 7.05 Å². The van der Waals surface area contributed by atoms with E-state index in [-0.39, 0.29) is 5.91 Å². The molecule has 0 spiro atoms. The number of nitrogens with one attached hydrogen (secondary N) is 1. The molecule has 0 radical (unpaired) electrons. The molecule has 96 valence electrons. The van der Waals surface area contributed by atoms with Gasteiger partial charge in [-0.1, -0.05) is 18.5 Å². The SMILES string of the molecule is CCc1nn(C)c(Cl)c1C(=O)Nc1ncc(C)s1. The van der Waals surface area contributed by atoms with Crippen LogP contribution in [-0.4, -0.2) is 20.7 Å². The first-order valence-electron chi connectivity index (χ1n) is 5.48. The first-order valence-corrected chi connectivity index (χ1v) is 6.67. The molecule has 7 heteroatoms. The van der Waals surface area contributed by atoms with Crippen molar-refractivity contribution < 1.29 is 4.79 Å². The highest BCUT2D eigenvalue weighted by molar-refractivity contribution is 7.15. The van der Waals surface area contributed by atoms with Gasteiger partial charge >= 0.3 is 0 Å². The second-order valence-electron chi connectivity index (χ2n) is 3.82. The van der Waals surface area contributed by atoms with E-state index in [4.69, 9.17) is 11.6 Å². The van der Waals surface area contributed by atoms with Crippen molar-refractivity contribution in [1.82, 2.24) is 14.8 Å². The highest BCUT2D eigenvalue weighted by Gasteiger charge is 2.21. The zero-order chi connectivity index (χ0) is 13.3. The van der Waals surface area contributed by atoms with Crippen LogP contribution in [0.3, 0.4) is 0 Å². The molecule has 0 aliphatic heterocycles. The standard InChI is InChI=1S/C11H13ClN4OS/c1-4-7-8(9(12)16(3)15-7)10(17)14-11-13-5-6(2)18-11/h5H,4H2,1-3H3,(H,13,14,17). The molecule has 0 saturated carbocycles. The van der Waals surface area contributed by atoms with Crippen LogP contribution in [0, 0.1) is 6.92 Å². The Labute approximate surface area is 114 Å². The minimum atomic E-state index is -0.265. The van der Waals surface area contributed by atoms with Crippen molar-refractivity contribution in [3.8, 4) is 0 Å². The van der Waals surface area contributed by atoms with Gasteiger partial charge < -0.3 is 0 Å². The summed E-state index contributed by atoms with van der Waals surface area (Å²) in [7, 11) is 1.71. The molecule has 1 N–H and O–H groups in total. The lowest BCUT2D eigenvalue weighted by Gasteiger charge is -2.01. The van der Waals surface area contributed by atoms with Crippen molar-refractivity contribution in [2.45, 2.75) is 20.3 Å². The Bertz CT molecular complexity index is 590. The van der Waals surface area contributed by atoms with Gasteiger partial charge in [-0.05, 0) is 13.3 Å². The third kappa shape index (κ3) is 2.39. The van der Waals surface area contributed by atoms with Crippen molar-refractivity contribution in [2.75, 3.05) is 5.32 Å². The lowest BCUT2D eigenvalue weighted by molar-refractivity contribution is 0.102. The van der Waals surface area contributed by atoms with Crippen molar-refractivity contribution in [3.63, 3.8) is 0 Å². The van der Waals surface area contributed by atoms with Crippen LogP contribution in [0.25, 0.3) is 0 Å². The van der Waals surface area contributed by atoms with Gasteiger partial charge in [0.25, 0.3) is 5.91 Å². The number of aromatic nitrogens is 3. The maximum atomic E-state index is 12.2. The number of carbonyl (C=O) groups excluding carboxylic acids is 1. The Morgan fingerprint density at radius 3 is 2.89 bits per heavy atom. The van der Waals surface area contributed by atoms with Gasteiger partial charge in [0, 0.05) is 18.1 Å². The van der Waals surface area contributed by atoms with Gasteiger partial charge in [0.1, 0.15) is 5.15 Å². The first kappa shape index (κ1) is 13.0. The second kappa shape index (κ2) is 5.07. The number of carbonyl (C=O) groups is 1. The van der Waals surface area contributed by atoms with Crippen molar-refractivity contribution >= 4 is 34.0 Å². The van der Waals surface area contributed by atoms with E-state index in [1.165, 1.54) is 16.0 Å². The van der Waals surface area contributed by atoms with Gasteiger partial charge in [0.15, 0.2) is 5.13 Å². The summed E-state index contributed by atoms with van der Waals surface area (Å²) in [5, 5.41) is 7.86. The Kier molecular flexibility index (Phi) is 3.68. The third-order valence-corrected chi connectivity index (χ3v) is 3.72. The van der Waals surface area contributed by atoms with Crippen LogP contribution in [0.1, 0.15) is 27.9 Å². The number of hydrogen-bond acceptors (Lipinski definition) is 4. The number of nitrogens with zero attached hydrogens (tertiary/aromatic N) is 3. The number of halogens is 1. The van der Waals surface area contributed by atoms with Crippen molar-refractivity contribution in [3.05, 3.63) is 27.5 Å². The molecule has 1 amide bonds. The number of thiazole rings is 1. The van der Waals surface area contributed by atoms with E-state index < -0.39 is 0 Å². The number of rotatable bonds is 3. The maximum Gasteiger partial charge on any atom is 0.262 e. The summed E-state index contributed by atoms with van der Waals surface area (Å²) in [5.74, 6) is -0.265. The van der Waals surface area contributed by atoms with E-state index in [0.717, 1.165) is 4.88 Å². The van der Waals surface area contributed by atoms with E-state index in [9.17, 15) is 4.79 Å². The van der Waals surface area contributed by atoms with Crippen LogP contribution in [0.5, 0.6) is 0 Å². The average Bonchev–Trinajstić information content (AvgIpc) is 2.84. The molecule has 0 fully saturated rings. The lowest BCUT2D eigenvalue weighted by Crippen LogP contribution is -2.13. The molecule has 2 aromatic rings. The van der Waals surface area contributed by atoms with Crippen LogP contribution in [0.15, 0.2) is 6.20 Å². The molecule has 2 aromatic heterocycles. The topological polar surface area (TPSA) is 59.8 Å². The van der Waals surface area contributed by atoms with Gasteiger partial charge in [-0.15, -0.1) is 11.3 Å². The summed E-state index contributed by atoms with van der Waals surface area (Å²) in [5.41, 5.74) is 1.11. The molecule has 2 rings (SSSR count). The number of amides is 1. The Balaban J connectivity index is 2.28. The van der Waals surface area contributed by atoms with Crippen LogP contribution in [0.2, 0.25) is 5.15 Å². The summed E-state index contributed by atoms with van der Waals surface area (Å²) < 4.78 is 1.50. The second-order valence-corrected chi connectivity index (χ2v) is 5.41. The molecule has 0 aliphatic rings. The molecular weight excluding hydrogens is 272 g/mol. The summed E-state index contributed by atoms with van der Waals surface area (Å²) in [4.78, 5) is 17.3. The van der Waals surface area contributed by atoms with Crippen LogP contribution in [-0.2, 0) is 13.5 Å². The highest BCUT2D eigenvalue weighted by Crippen LogP contribution is 2.23. The largest absolute Gasteiger partial charge is 0.298 e. The maximum absolute atomic E-state index is 12.2.